The molecule has 1 unspecified atom stereocenters. The molecule has 22 heavy (non-hydrogen) atoms. The van der Waals surface area contributed by atoms with E-state index < -0.39 is 6.10 Å². The molecular formula is C15H22N4O3. The molecule has 1 N–H and O–H groups in total. The average Bonchev–Trinajstić information content (AvgIpc) is 2.95. The maximum atomic E-state index is 12.2. The predicted molar refractivity (Wildman–Crippen MR) is 79.0 cm³/mol. The molecule has 0 radical (unpaired) electrons. The average molecular weight is 306 g/mol. The van der Waals surface area contributed by atoms with Crippen LogP contribution in [0.15, 0.2) is 6.20 Å². The number of morpholine rings is 1. The smallest absolute Gasteiger partial charge is 0.251 e. The van der Waals surface area contributed by atoms with Crippen LogP contribution in [-0.4, -0.2) is 52.1 Å². The van der Waals surface area contributed by atoms with E-state index >= 15 is 0 Å². The van der Waals surface area contributed by atoms with Gasteiger partial charge in [-0.25, -0.2) is 4.98 Å². The lowest BCUT2D eigenvalue weighted by Crippen LogP contribution is -2.51. The number of ether oxygens (including phenoxy) is 1. The van der Waals surface area contributed by atoms with Crippen molar-refractivity contribution in [2.45, 2.75) is 45.4 Å². The first-order valence-corrected chi connectivity index (χ1v) is 7.83. The third kappa shape index (κ3) is 3.30. The molecule has 1 fully saturated rings. The number of amides is 2. The third-order valence-electron chi connectivity index (χ3n) is 4.21. The van der Waals surface area contributed by atoms with Crippen LogP contribution in [0.3, 0.4) is 0 Å². The van der Waals surface area contributed by atoms with Crippen molar-refractivity contribution in [3.8, 4) is 0 Å². The summed E-state index contributed by atoms with van der Waals surface area (Å²) in [5.74, 6) is 0.895. The molecule has 7 heteroatoms. The number of nitrogens with zero attached hydrogens (tertiary/aromatic N) is 3. The zero-order chi connectivity index (χ0) is 15.5. The number of aryl methyl sites for hydroxylation is 2. The van der Waals surface area contributed by atoms with Gasteiger partial charge in [-0.1, -0.05) is 0 Å². The predicted octanol–water partition coefficient (Wildman–Crippen LogP) is 0.0829. The van der Waals surface area contributed by atoms with Gasteiger partial charge in [0.05, 0.1) is 25.4 Å². The number of hydrogen-bond acceptors (Lipinski definition) is 4. The topological polar surface area (TPSA) is 76.5 Å². The van der Waals surface area contributed by atoms with E-state index in [4.69, 9.17) is 4.74 Å². The summed E-state index contributed by atoms with van der Waals surface area (Å²) in [4.78, 5) is 29.8. The minimum Gasteiger partial charge on any atom is -0.365 e. The van der Waals surface area contributed by atoms with E-state index in [0.29, 0.717) is 26.2 Å². The Morgan fingerprint density at radius 2 is 2.27 bits per heavy atom. The van der Waals surface area contributed by atoms with Gasteiger partial charge in [-0.3, -0.25) is 9.59 Å². The van der Waals surface area contributed by atoms with Crippen LogP contribution in [0.1, 0.15) is 31.3 Å². The number of nitrogens with one attached hydrogen (secondary N) is 1. The second kappa shape index (κ2) is 6.48. The van der Waals surface area contributed by atoms with E-state index in [9.17, 15) is 9.59 Å². The summed E-state index contributed by atoms with van der Waals surface area (Å²) in [5, 5.41) is 2.86. The number of fused-ring (bicyclic) bond motifs is 1. The van der Waals surface area contributed by atoms with Gasteiger partial charge in [0.2, 0.25) is 5.91 Å². The number of imidazole rings is 1. The molecule has 1 atom stereocenters. The molecule has 0 aliphatic carbocycles. The summed E-state index contributed by atoms with van der Waals surface area (Å²) in [6.07, 6.45) is 4.80. The van der Waals surface area contributed by atoms with Crippen molar-refractivity contribution in [2.75, 3.05) is 19.7 Å². The van der Waals surface area contributed by atoms with E-state index in [0.717, 1.165) is 24.5 Å². The van der Waals surface area contributed by atoms with Crippen LogP contribution in [0.2, 0.25) is 0 Å². The molecule has 2 aliphatic heterocycles. The normalized spacial score (nSPS) is 21.3. The van der Waals surface area contributed by atoms with E-state index in [1.54, 1.807) is 4.90 Å². The zero-order valence-corrected chi connectivity index (χ0v) is 12.9. The molecule has 0 spiro atoms. The Morgan fingerprint density at radius 1 is 1.41 bits per heavy atom. The van der Waals surface area contributed by atoms with Crippen LogP contribution in [0.25, 0.3) is 0 Å². The monoisotopic (exact) mass is 306 g/mol. The van der Waals surface area contributed by atoms with Crippen molar-refractivity contribution in [3.63, 3.8) is 0 Å². The SMILES string of the molecule is CC(=O)N1CCOC(C(=O)NCc2cn3c(n2)CCCC3)C1. The summed E-state index contributed by atoms with van der Waals surface area (Å²) in [7, 11) is 0. The van der Waals surface area contributed by atoms with Crippen LogP contribution < -0.4 is 5.32 Å². The summed E-state index contributed by atoms with van der Waals surface area (Å²) in [6.45, 7) is 4.19. The van der Waals surface area contributed by atoms with E-state index in [2.05, 4.69) is 14.9 Å². The highest BCUT2D eigenvalue weighted by atomic mass is 16.5. The highest BCUT2D eigenvalue weighted by Gasteiger charge is 2.27. The second-order valence-electron chi connectivity index (χ2n) is 5.84. The van der Waals surface area contributed by atoms with Crippen molar-refractivity contribution in [3.05, 3.63) is 17.7 Å². The first-order chi connectivity index (χ1) is 10.6. The number of hydrogen-bond donors (Lipinski definition) is 1. The quantitative estimate of drug-likeness (QED) is 0.858. The van der Waals surface area contributed by atoms with Crippen LogP contribution in [0.5, 0.6) is 0 Å². The summed E-state index contributed by atoms with van der Waals surface area (Å²) in [6, 6.07) is 0. The summed E-state index contributed by atoms with van der Waals surface area (Å²) < 4.78 is 7.62. The largest absolute Gasteiger partial charge is 0.365 e. The van der Waals surface area contributed by atoms with Gasteiger partial charge in [-0.05, 0) is 12.8 Å². The Bertz CT molecular complexity index is 546. The third-order valence-corrected chi connectivity index (χ3v) is 4.21. The highest BCUT2D eigenvalue weighted by Crippen LogP contribution is 2.14. The first-order valence-electron chi connectivity index (χ1n) is 7.83. The van der Waals surface area contributed by atoms with Crippen molar-refractivity contribution >= 4 is 11.8 Å². The van der Waals surface area contributed by atoms with E-state index in [1.807, 2.05) is 6.20 Å². The van der Waals surface area contributed by atoms with Gasteiger partial charge in [0.25, 0.3) is 5.91 Å². The molecule has 1 aromatic rings. The zero-order valence-electron chi connectivity index (χ0n) is 12.9. The van der Waals surface area contributed by atoms with Gasteiger partial charge in [0, 0.05) is 32.6 Å². The Hall–Kier alpha value is -1.89. The molecule has 2 amide bonds. The van der Waals surface area contributed by atoms with Crippen LogP contribution in [0.4, 0.5) is 0 Å². The molecule has 0 aromatic carbocycles. The lowest BCUT2D eigenvalue weighted by atomic mass is 10.2. The van der Waals surface area contributed by atoms with Gasteiger partial charge in [0.15, 0.2) is 6.10 Å². The fraction of sp³-hybridized carbons (Fsp3) is 0.667. The molecule has 3 rings (SSSR count). The van der Waals surface area contributed by atoms with Gasteiger partial charge >= 0.3 is 0 Å². The molecule has 7 nitrogen and oxygen atoms in total. The van der Waals surface area contributed by atoms with Gasteiger partial charge in [-0.2, -0.15) is 0 Å². The lowest BCUT2D eigenvalue weighted by molar-refractivity contribution is -0.146. The Labute approximate surface area is 129 Å². The first kappa shape index (κ1) is 15.0. The second-order valence-corrected chi connectivity index (χ2v) is 5.84. The summed E-state index contributed by atoms with van der Waals surface area (Å²) in [5.41, 5.74) is 0.879. The van der Waals surface area contributed by atoms with Crippen LogP contribution in [0, 0.1) is 0 Å². The molecule has 2 aliphatic rings. The molecule has 3 heterocycles. The summed E-state index contributed by atoms with van der Waals surface area (Å²) >= 11 is 0. The van der Waals surface area contributed by atoms with Gasteiger partial charge in [0.1, 0.15) is 5.82 Å². The molecule has 1 saturated heterocycles. The van der Waals surface area contributed by atoms with E-state index in [-0.39, 0.29) is 11.8 Å². The molecule has 1 aromatic heterocycles. The maximum absolute atomic E-state index is 12.2. The van der Waals surface area contributed by atoms with Crippen molar-refractivity contribution in [1.82, 2.24) is 19.8 Å². The fourth-order valence-corrected chi connectivity index (χ4v) is 2.94. The maximum Gasteiger partial charge on any atom is 0.251 e. The van der Waals surface area contributed by atoms with E-state index in [1.165, 1.54) is 19.8 Å². The molecule has 120 valence electrons. The Balaban J connectivity index is 1.53. The minimum atomic E-state index is -0.588. The van der Waals surface area contributed by atoms with Gasteiger partial charge in [-0.15, -0.1) is 0 Å². The number of rotatable bonds is 3. The van der Waals surface area contributed by atoms with Crippen molar-refractivity contribution < 1.29 is 14.3 Å². The van der Waals surface area contributed by atoms with Crippen LogP contribution in [-0.2, 0) is 33.8 Å². The number of carbonyl (C=O) groups is 2. The molecular weight excluding hydrogens is 284 g/mol. The standard InChI is InChI=1S/C15H22N4O3/c1-11(20)18-6-7-22-13(10-18)15(21)16-8-12-9-19-5-3-2-4-14(19)17-12/h9,13H,2-8,10H2,1H3,(H,16,21). The van der Waals surface area contributed by atoms with Crippen molar-refractivity contribution in [2.24, 2.45) is 0 Å². The fourth-order valence-electron chi connectivity index (χ4n) is 2.94. The Morgan fingerprint density at radius 3 is 3.05 bits per heavy atom. The molecule has 0 bridgehead atoms. The number of carbonyl (C=O) groups excluding carboxylic acids is 2. The Kier molecular flexibility index (Phi) is 4.42. The minimum absolute atomic E-state index is 0.0251. The number of aromatic nitrogens is 2. The molecule has 0 saturated carbocycles. The van der Waals surface area contributed by atoms with Crippen LogP contribution >= 0.6 is 0 Å². The van der Waals surface area contributed by atoms with Gasteiger partial charge < -0.3 is 19.5 Å². The highest BCUT2D eigenvalue weighted by molar-refractivity contribution is 5.82. The van der Waals surface area contributed by atoms with Crippen molar-refractivity contribution in [1.29, 1.82) is 0 Å². The lowest BCUT2D eigenvalue weighted by Gasteiger charge is -2.31.